The molecule has 2 aromatic heterocycles. The van der Waals surface area contributed by atoms with Crippen LogP contribution in [0.4, 0.5) is 11.4 Å². The van der Waals surface area contributed by atoms with Gasteiger partial charge < -0.3 is 19.9 Å². The number of hydrogen-bond acceptors (Lipinski definition) is 6. The number of fused-ring (bicyclic) bond motifs is 1. The zero-order valence-corrected chi connectivity index (χ0v) is 16.1. The number of nitrogens with zero attached hydrogens (tertiary/aromatic N) is 4. The molecule has 0 aliphatic carbocycles. The van der Waals surface area contributed by atoms with E-state index in [9.17, 15) is 19.2 Å². The molecule has 2 amide bonds. The van der Waals surface area contributed by atoms with Gasteiger partial charge in [-0.15, -0.1) is 0 Å². The first kappa shape index (κ1) is 20.0. The number of hydrogen-bond donors (Lipinski definition) is 2. The zero-order valence-electron chi connectivity index (χ0n) is 16.1. The summed E-state index contributed by atoms with van der Waals surface area (Å²) in [5.41, 5.74) is 0.446. The Morgan fingerprint density at radius 1 is 1.00 bits per heavy atom. The van der Waals surface area contributed by atoms with E-state index in [4.69, 9.17) is 4.74 Å². The minimum atomic E-state index is -0.524. The van der Waals surface area contributed by atoms with E-state index in [2.05, 4.69) is 15.6 Å². The van der Waals surface area contributed by atoms with E-state index in [0.717, 1.165) is 4.57 Å². The van der Waals surface area contributed by atoms with Crippen LogP contribution in [0.1, 0.15) is 0 Å². The van der Waals surface area contributed by atoms with Crippen LogP contribution >= 0.6 is 0 Å². The summed E-state index contributed by atoms with van der Waals surface area (Å²) in [7, 11) is 4.31. The lowest BCUT2D eigenvalue weighted by atomic mass is 10.2. The largest absolute Gasteiger partial charge is 0.375 e. The van der Waals surface area contributed by atoms with Crippen molar-refractivity contribution in [1.82, 2.24) is 18.7 Å². The molecule has 0 atom stereocenters. The number of aryl methyl sites for hydroxylation is 1. The van der Waals surface area contributed by atoms with Crippen LogP contribution in [-0.4, -0.2) is 44.2 Å². The predicted octanol–water partition coefficient (Wildman–Crippen LogP) is -0.343. The van der Waals surface area contributed by atoms with E-state index >= 15 is 0 Å². The van der Waals surface area contributed by atoms with Gasteiger partial charge in [0, 0.05) is 32.6 Å². The summed E-state index contributed by atoms with van der Waals surface area (Å²) in [6, 6.07) is 6.55. The second-order valence-electron chi connectivity index (χ2n) is 6.36. The lowest BCUT2D eigenvalue weighted by Gasteiger charge is -2.09. The molecule has 0 aliphatic heterocycles. The van der Waals surface area contributed by atoms with Crippen molar-refractivity contribution in [3.63, 3.8) is 0 Å². The molecule has 0 fully saturated rings. The van der Waals surface area contributed by atoms with E-state index < -0.39 is 11.2 Å². The molecule has 0 unspecified atom stereocenters. The van der Waals surface area contributed by atoms with E-state index in [1.54, 1.807) is 24.3 Å². The van der Waals surface area contributed by atoms with Crippen molar-refractivity contribution in [3.8, 4) is 0 Å². The van der Waals surface area contributed by atoms with Crippen LogP contribution in [0.5, 0.6) is 0 Å². The molecule has 0 aliphatic rings. The van der Waals surface area contributed by atoms with Crippen LogP contribution in [0.3, 0.4) is 0 Å². The third-order valence-corrected chi connectivity index (χ3v) is 4.26. The number of carbonyl (C=O) groups excluding carboxylic acids is 2. The fourth-order valence-corrected chi connectivity index (χ4v) is 2.84. The molecule has 29 heavy (non-hydrogen) atoms. The van der Waals surface area contributed by atoms with Gasteiger partial charge in [-0.25, -0.2) is 9.78 Å². The van der Waals surface area contributed by atoms with Gasteiger partial charge in [-0.3, -0.25) is 23.5 Å². The fraction of sp³-hybridized carbons (Fsp3) is 0.278. The monoisotopic (exact) mass is 400 g/mol. The van der Waals surface area contributed by atoms with Crippen LogP contribution in [0, 0.1) is 0 Å². The van der Waals surface area contributed by atoms with Crippen LogP contribution in [0.15, 0.2) is 40.2 Å². The molecule has 0 saturated carbocycles. The molecular weight excluding hydrogens is 380 g/mol. The predicted molar refractivity (Wildman–Crippen MR) is 106 cm³/mol. The molecule has 2 N–H and O–H groups in total. The summed E-state index contributed by atoms with van der Waals surface area (Å²) in [5, 5.41) is 5.36. The fourth-order valence-electron chi connectivity index (χ4n) is 2.84. The third kappa shape index (κ3) is 4.09. The molecule has 11 nitrogen and oxygen atoms in total. The summed E-state index contributed by atoms with van der Waals surface area (Å²) >= 11 is 0. The van der Waals surface area contributed by atoms with Gasteiger partial charge in [-0.1, -0.05) is 0 Å². The number of imidazole rings is 1. The van der Waals surface area contributed by atoms with Crippen LogP contribution in [-0.2, 0) is 35.0 Å². The number of methoxy groups -OCH3 is 1. The summed E-state index contributed by atoms with van der Waals surface area (Å²) in [5.74, 6) is -0.663. The number of anilines is 2. The number of benzene rings is 1. The van der Waals surface area contributed by atoms with Crippen molar-refractivity contribution in [2.24, 2.45) is 14.1 Å². The quantitative estimate of drug-likeness (QED) is 0.582. The molecule has 11 heteroatoms. The van der Waals surface area contributed by atoms with Gasteiger partial charge in [0.1, 0.15) is 13.2 Å². The molecule has 2 heterocycles. The Bertz CT molecular complexity index is 1190. The van der Waals surface area contributed by atoms with Gasteiger partial charge in [0.25, 0.3) is 5.56 Å². The van der Waals surface area contributed by atoms with Crippen LogP contribution in [0.2, 0.25) is 0 Å². The first-order chi connectivity index (χ1) is 13.8. The maximum absolute atomic E-state index is 12.4. The second kappa shape index (κ2) is 8.10. The Morgan fingerprint density at radius 2 is 1.59 bits per heavy atom. The zero-order chi connectivity index (χ0) is 21.1. The lowest BCUT2D eigenvalue weighted by Crippen LogP contribution is -2.37. The first-order valence-electron chi connectivity index (χ1n) is 8.61. The normalized spacial score (nSPS) is 10.9. The average Bonchev–Trinajstić information content (AvgIpc) is 3.10. The van der Waals surface area contributed by atoms with Crippen molar-refractivity contribution < 1.29 is 14.3 Å². The highest BCUT2D eigenvalue weighted by Gasteiger charge is 2.16. The molecule has 0 radical (unpaired) electrons. The molecule has 1 aromatic carbocycles. The Labute approximate surface area is 164 Å². The summed E-state index contributed by atoms with van der Waals surface area (Å²) in [6.45, 7) is -0.210. The van der Waals surface area contributed by atoms with Crippen LogP contribution < -0.4 is 21.9 Å². The molecule has 3 rings (SSSR count). The molecule has 0 saturated heterocycles. The van der Waals surface area contributed by atoms with Crippen molar-refractivity contribution in [1.29, 1.82) is 0 Å². The number of nitrogens with one attached hydrogen (secondary N) is 2. The number of rotatable bonds is 6. The highest BCUT2D eigenvalue weighted by molar-refractivity contribution is 5.93. The number of aromatic nitrogens is 4. The SMILES string of the molecule is COCC(=O)Nc1ccc(NC(=O)Cn2cnc3c2c(=O)n(C)c(=O)n3C)cc1. The minimum absolute atomic E-state index is 0.0532. The summed E-state index contributed by atoms with van der Waals surface area (Å²) in [6.07, 6.45) is 1.35. The third-order valence-electron chi connectivity index (χ3n) is 4.26. The second-order valence-corrected chi connectivity index (χ2v) is 6.36. The number of ether oxygens (including phenoxy) is 1. The topological polar surface area (TPSA) is 129 Å². The van der Waals surface area contributed by atoms with Crippen LogP contribution in [0.25, 0.3) is 11.2 Å². The highest BCUT2D eigenvalue weighted by Crippen LogP contribution is 2.14. The van der Waals surface area contributed by atoms with Gasteiger partial charge in [0.05, 0.1) is 6.33 Å². The maximum atomic E-state index is 12.4. The van der Waals surface area contributed by atoms with E-state index in [1.807, 2.05) is 0 Å². The van der Waals surface area contributed by atoms with Gasteiger partial charge in [0.2, 0.25) is 11.8 Å². The Balaban J connectivity index is 1.74. The Kier molecular flexibility index (Phi) is 5.59. The van der Waals surface area contributed by atoms with E-state index in [-0.39, 0.29) is 36.1 Å². The molecule has 0 bridgehead atoms. The first-order valence-corrected chi connectivity index (χ1v) is 8.61. The van der Waals surface area contributed by atoms with Gasteiger partial charge in [-0.05, 0) is 24.3 Å². The Morgan fingerprint density at radius 3 is 2.17 bits per heavy atom. The van der Waals surface area contributed by atoms with Crippen molar-refractivity contribution >= 4 is 34.4 Å². The minimum Gasteiger partial charge on any atom is -0.375 e. The summed E-state index contributed by atoms with van der Waals surface area (Å²) in [4.78, 5) is 52.3. The van der Waals surface area contributed by atoms with E-state index in [0.29, 0.717) is 11.4 Å². The standard InChI is InChI=1S/C18H20N6O5/c1-22-16-15(17(27)23(2)18(22)28)24(10-19-16)8-13(25)20-11-4-6-12(7-5-11)21-14(26)9-29-3/h4-7,10H,8-9H2,1-3H3,(H,20,25)(H,21,26). The number of amides is 2. The average molecular weight is 400 g/mol. The Hall–Kier alpha value is -3.73. The van der Waals surface area contributed by atoms with Crippen molar-refractivity contribution in [3.05, 3.63) is 51.4 Å². The van der Waals surface area contributed by atoms with Gasteiger partial charge >= 0.3 is 5.69 Å². The van der Waals surface area contributed by atoms with Gasteiger partial charge in [0.15, 0.2) is 11.2 Å². The molecule has 3 aromatic rings. The number of carbonyl (C=O) groups is 2. The molecular formula is C18H20N6O5. The molecule has 152 valence electrons. The smallest absolute Gasteiger partial charge is 0.332 e. The highest BCUT2D eigenvalue weighted by atomic mass is 16.5. The van der Waals surface area contributed by atoms with E-state index in [1.165, 1.54) is 36.7 Å². The van der Waals surface area contributed by atoms with Gasteiger partial charge in [-0.2, -0.15) is 0 Å². The maximum Gasteiger partial charge on any atom is 0.332 e. The molecule has 0 spiro atoms. The van der Waals surface area contributed by atoms with Crippen molar-refractivity contribution in [2.45, 2.75) is 6.54 Å². The lowest BCUT2D eigenvalue weighted by molar-refractivity contribution is -0.119. The summed E-state index contributed by atoms with van der Waals surface area (Å²) < 4.78 is 8.36. The van der Waals surface area contributed by atoms with Crippen molar-refractivity contribution in [2.75, 3.05) is 24.4 Å².